The van der Waals surface area contributed by atoms with Crippen LogP contribution in [0.1, 0.15) is 24.2 Å². The first-order valence-electron chi connectivity index (χ1n) is 8.09. The highest BCUT2D eigenvalue weighted by atomic mass is 16.6. The molecule has 0 fully saturated rings. The van der Waals surface area contributed by atoms with E-state index >= 15 is 0 Å². The van der Waals surface area contributed by atoms with E-state index in [0.717, 1.165) is 11.1 Å². The van der Waals surface area contributed by atoms with E-state index in [-0.39, 0.29) is 18.0 Å². The number of benzene rings is 2. The van der Waals surface area contributed by atoms with Crippen molar-refractivity contribution in [3.63, 3.8) is 0 Å². The molecule has 2 aromatic carbocycles. The summed E-state index contributed by atoms with van der Waals surface area (Å²) in [5.41, 5.74) is 1.90. The van der Waals surface area contributed by atoms with Gasteiger partial charge in [0.25, 0.3) is 0 Å². The number of phenols is 1. The Labute approximate surface area is 147 Å². The fraction of sp³-hybridized carbons (Fsp3) is 0.300. The summed E-state index contributed by atoms with van der Waals surface area (Å²) in [6.07, 6.45) is 1.97. The molecule has 3 rings (SSSR count). The fourth-order valence-corrected chi connectivity index (χ4v) is 2.96. The van der Waals surface area contributed by atoms with Crippen LogP contribution in [0.4, 0.5) is 0 Å². The Morgan fingerprint density at radius 1 is 1.12 bits per heavy atom. The second-order valence-electron chi connectivity index (χ2n) is 5.91. The van der Waals surface area contributed by atoms with E-state index in [1.807, 2.05) is 25.1 Å². The third-order valence-corrected chi connectivity index (χ3v) is 4.20. The van der Waals surface area contributed by atoms with E-state index < -0.39 is 0 Å². The minimum atomic E-state index is -0.328. The first-order chi connectivity index (χ1) is 12.1. The average Bonchev–Trinajstić information content (AvgIpc) is 2.61. The Morgan fingerprint density at radius 3 is 2.56 bits per heavy atom. The van der Waals surface area contributed by atoms with Gasteiger partial charge in [0, 0.05) is 5.56 Å². The highest BCUT2D eigenvalue weighted by molar-refractivity contribution is 5.56. The van der Waals surface area contributed by atoms with Gasteiger partial charge in [0.1, 0.15) is 6.10 Å². The average molecular weight is 342 g/mol. The molecule has 1 aliphatic rings. The summed E-state index contributed by atoms with van der Waals surface area (Å²) in [4.78, 5) is 0. The Bertz CT molecular complexity index is 784. The molecular weight excluding hydrogens is 320 g/mol. The monoisotopic (exact) mass is 342 g/mol. The lowest BCUT2D eigenvalue weighted by Gasteiger charge is -2.33. The molecule has 25 heavy (non-hydrogen) atoms. The molecular formula is C20H22O5. The number of allylic oxidation sites excluding steroid dienone is 1. The van der Waals surface area contributed by atoms with Gasteiger partial charge < -0.3 is 24.1 Å². The summed E-state index contributed by atoms with van der Waals surface area (Å²) in [6.45, 7) is 5.71. The second-order valence-corrected chi connectivity index (χ2v) is 5.91. The van der Waals surface area contributed by atoms with Crippen LogP contribution in [0.2, 0.25) is 0 Å². The van der Waals surface area contributed by atoms with Crippen LogP contribution in [0, 0.1) is 0 Å². The van der Waals surface area contributed by atoms with Crippen molar-refractivity contribution < 1.29 is 24.1 Å². The van der Waals surface area contributed by atoms with Gasteiger partial charge in [-0.2, -0.15) is 0 Å². The standard InChI is InChI=1S/C20H22O5/c1-5-6-13-9-17(23-4)20-18(10-13)25-19(12(2)24-20)14-7-8-15(21)16(11-14)22-3/h5,7-12,19,21H,1,6H2,2-4H3/t12-,19+/m1/s1. The first-order valence-corrected chi connectivity index (χ1v) is 8.09. The van der Waals surface area contributed by atoms with Crippen LogP contribution in [0.5, 0.6) is 28.7 Å². The molecule has 0 aromatic heterocycles. The zero-order chi connectivity index (χ0) is 18.0. The molecule has 1 N–H and O–H groups in total. The van der Waals surface area contributed by atoms with Crippen molar-refractivity contribution in [2.45, 2.75) is 25.6 Å². The SMILES string of the molecule is C=CCc1cc(OC)c2c(c1)O[C@H](c1ccc(O)c(OC)c1)[C@@H](C)O2. The number of rotatable bonds is 5. The van der Waals surface area contributed by atoms with Gasteiger partial charge in [-0.05, 0) is 43.2 Å². The van der Waals surface area contributed by atoms with Crippen LogP contribution in [-0.4, -0.2) is 25.4 Å². The molecule has 0 aliphatic carbocycles. The number of hydrogen-bond acceptors (Lipinski definition) is 5. The number of fused-ring (bicyclic) bond motifs is 1. The molecule has 1 aliphatic heterocycles. The molecule has 132 valence electrons. The zero-order valence-electron chi connectivity index (χ0n) is 14.6. The summed E-state index contributed by atoms with van der Waals surface area (Å²) in [7, 11) is 3.13. The van der Waals surface area contributed by atoms with Crippen LogP contribution < -0.4 is 18.9 Å². The number of phenolic OH excluding ortho intramolecular Hbond substituents is 1. The number of ether oxygens (including phenoxy) is 4. The highest BCUT2D eigenvalue weighted by Gasteiger charge is 2.32. The molecule has 1 heterocycles. The normalized spacial score (nSPS) is 18.5. The molecule has 2 aromatic rings. The molecule has 2 atom stereocenters. The van der Waals surface area contributed by atoms with E-state index in [4.69, 9.17) is 18.9 Å². The number of aromatic hydroxyl groups is 1. The second kappa shape index (κ2) is 6.97. The predicted octanol–water partition coefficient (Wildman–Crippen LogP) is 4.04. The molecule has 0 saturated heterocycles. The van der Waals surface area contributed by atoms with Crippen molar-refractivity contribution in [2.24, 2.45) is 0 Å². The highest BCUT2D eigenvalue weighted by Crippen LogP contribution is 2.46. The van der Waals surface area contributed by atoms with Gasteiger partial charge in [-0.3, -0.25) is 0 Å². The van der Waals surface area contributed by atoms with E-state index in [1.165, 1.54) is 7.11 Å². The maximum absolute atomic E-state index is 9.80. The summed E-state index contributed by atoms with van der Waals surface area (Å²) in [5.74, 6) is 2.36. The summed E-state index contributed by atoms with van der Waals surface area (Å²) >= 11 is 0. The minimum absolute atomic E-state index is 0.0889. The van der Waals surface area contributed by atoms with Gasteiger partial charge >= 0.3 is 0 Å². The fourth-order valence-electron chi connectivity index (χ4n) is 2.96. The van der Waals surface area contributed by atoms with E-state index in [2.05, 4.69) is 6.58 Å². The molecule has 0 unspecified atom stereocenters. The van der Waals surface area contributed by atoms with Crippen LogP contribution in [0.25, 0.3) is 0 Å². The number of hydrogen-bond donors (Lipinski definition) is 1. The molecule has 5 nitrogen and oxygen atoms in total. The summed E-state index contributed by atoms with van der Waals surface area (Å²) in [5, 5.41) is 9.80. The van der Waals surface area contributed by atoms with E-state index in [9.17, 15) is 5.11 Å². The molecule has 0 saturated carbocycles. The Hall–Kier alpha value is -2.82. The number of methoxy groups -OCH3 is 2. The largest absolute Gasteiger partial charge is 0.504 e. The van der Waals surface area contributed by atoms with Crippen molar-refractivity contribution >= 4 is 0 Å². The molecule has 0 bridgehead atoms. The molecule has 0 spiro atoms. The van der Waals surface area contributed by atoms with Crippen molar-refractivity contribution in [3.05, 3.63) is 54.1 Å². The Morgan fingerprint density at radius 2 is 1.88 bits per heavy atom. The molecule has 5 heteroatoms. The maximum atomic E-state index is 9.80. The van der Waals surface area contributed by atoms with E-state index in [0.29, 0.717) is 29.4 Å². The minimum Gasteiger partial charge on any atom is -0.504 e. The molecule has 0 amide bonds. The lowest BCUT2D eigenvalue weighted by atomic mass is 10.0. The van der Waals surface area contributed by atoms with Crippen molar-refractivity contribution in [2.75, 3.05) is 14.2 Å². The first kappa shape index (κ1) is 17.0. The Balaban J connectivity index is 1.99. The smallest absolute Gasteiger partial charge is 0.204 e. The molecule has 0 radical (unpaired) electrons. The Kier molecular flexibility index (Phi) is 4.74. The third-order valence-electron chi connectivity index (χ3n) is 4.20. The van der Waals surface area contributed by atoms with Crippen molar-refractivity contribution in [3.8, 4) is 28.7 Å². The van der Waals surface area contributed by atoms with Gasteiger partial charge in [0.15, 0.2) is 29.1 Å². The van der Waals surface area contributed by atoms with Crippen molar-refractivity contribution in [1.29, 1.82) is 0 Å². The summed E-state index contributed by atoms with van der Waals surface area (Å²) in [6, 6.07) is 9.03. The van der Waals surface area contributed by atoms with Crippen LogP contribution in [0.15, 0.2) is 43.0 Å². The van der Waals surface area contributed by atoms with Crippen molar-refractivity contribution in [1.82, 2.24) is 0 Å². The van der Waals surface area contributed by atoms with E-state index in [1.54, 1.807) is 25.3 Å². The van der Waals surface area contributed by atoms with Gasteiger partial charge in [-0.25, -0.2) is 0 Å². The van der Waals surface area contributed by atoms with Crippen LogP contribution in [0.3, 0.4) is 0 Å². The quantitative estimate of drug-likeness (QED) is 0.831. The van der Waals surface area contributed by atoms with Gasteiger partial charge in [0.05, 0.1) is 14.2 Å². The van der Waals surface area contributed by atoms with Gasteiger partial charge in [-0.15, -0.1) is 6.58 Å². The maximum Gasteiger partial charge on any atom is 0.204 e. The van der Waals surface area contributed by atoms with Gasteiger partial charge in [0.2, 0.25) is 5.75 Å². The van der Waals surface area contributed by atoms with Crippen LogP contribution >= 0.6 is 0 Å². The van der Waals surface area contributed by atoms with Crippen LogP contribution in [-0.2, 0) is 6.42 Å². The topological polar surface area (TPSA) is 57.2 Å². The zero-order valence-corrected chi connectivity index (χ0v) is 14.6. The predicted molar refractivity (Wildman–Crippen MR) is 95.0 cm³/mol. The third kappa shape index (κ3) is 3.22. The lowest BCUT2D eigenvalue weighted by molar-refractivity contribution is 0.0279. The van der Waals surface area contributed by atoms with Gasteiger partial charge in [-0.1, -0.05) is 12.1 Å². The lowest BCUT2D eigenvalue weighted by Crippen LogP contribution is -2.31. The summed E-state index contributed by atoms with van der Waals surface area (Å²) < 4.78 is 22.9.